The zero-order valence-electron chi connectivity index (χ0n) is 13.2. The SMILES string of the molecule is CC(C)(C1(C=O)CCC(O)CC1)C1(C=O)CCC(O)CC1. The highest BCUT2D eigenvalue weighted by molar-refractivity contribution is 5.68. The standard InChI is InChI=1S/C17H28O4/c1-15(2,16(11-18)7-3-13(20)4-8-16)17(12-19)9-5-14(21)6-10-17/h11-14,20-21H,3-10H2,1-2H3. The van der Waals surface area contributed by atoms with Gasteiger partial charge in [0.05, 0.1) is 12.2 Å². The summed E-state index contributed by atoms with van der Waals surface area (Å²) in [4.78, 5) is 23.9. The van der Waals surface area contributed by atoms with E-state index in [1.165, 1.54) is 0 Å². The van der Waals surface area contributed by atoms with Crippen molar-refractivity contribution in [1.82, 2.24) is 0 Å². The van der Waals surface area contributed by atoms with Gasteiger partial charge < -0.3 is 19.8 Å². The van der Waals surface area contributed by atoms with Gasteiger partial charge in [0.25, 0.3) is 0 Å². The van der Waals surface area contributed by atoms with Gasteiger partial charge in [-0.15, -0.1) is 0 Å². The summed E-state index contributed by atoms with van der Waals surface area (Å²) < 4.78 is 0. The van der Waals surface area contributed by atoms with E-state index in [1.54, 1.807) is 0 Å². The van der Waals surface area contributed by atoms with Crippen molar-refractivity contribution in [2.45, 2.75) is 77.4 Å². The van der Waals surface area contributed by atoms with Gasteiger partial charge in [0.1, 0.15) is 12.6 Å². The molecule has 0 aromatic heterocycles. The van der Waals surface area contributed by atoms with Crippen LogP contribution in [0.3, 0.4) is 0 Å². The van der Waals surface area contributed by atoms with E-state index in [9.17, 15) is 19.8 Å². The third-order valence-electron chi connectivity index (χ3n) is 6.64. The van der Waals surface area contributed by atoms with Crippen LogP contribution >= 0.6 is 0 Å². The number of hydrogen-bond acceptors (Lipinski definition) is 4. The molecule has 2 aliphatic rings. The van der Waals surface area contributed by atoms with Crippen LogP contribution in [0.2, 0.25) is 0 Å². The first-order valence-electron chi connectivity index (χ1n) is 8.11. The highest BCUT2D eigenvalue weighted by Crippen LogP contribution is 2.60. The van der Waals surface area contributed by atoms with Crippen LogP contribution in [-0.4, -0.2) is 35.0 Å². The third-order valence-corrected chi connectivity index (χ3v) is 6.64. The van der Waals surface area contributed by atoms with E-state index in [0.717, 1.165) is 12.6 Å². The van der Waals surface area contributed by atoms with Gasteiger partial charge in [-0.3, -0.25) is 0 Å². The van der Waals surface area contributed by atoms with Crippen LogP contribution in [0, 0.1) is 16.2 Å². The fourth-order valence-corrected chi connectivity index (χ4v) is 4.51. The summed E-state index contributed by atoms with van der Waals surface area (Å²) in [5.74, 6) is 0. The summed E-state index contributed by atoms with van der Waals surface area (Å²) in [6.07, 6.45) is 6.49. The smallest absolute Gasteiger partial charge is 0.126 e. The molecular weight excluding hydrogens is 268 g/mol. The molecule has 0 spiro atoms. The number of rotatable bonds is 4. The first kappa shape index (κ1) is 16.6. The summed E-state index contributed by atoms with van der Waals surface area (Å²) >= 11 is 0. The molecule has 0 unspecified atom stereocenters. The zero-order chi connectivity index (χ0) is 15.7. The predicted molar refractivity (Wildman–Crippen MR) is 79.7 cm³/mol. The summed E-state index contributed by atoms with van der Waals surface area (Å²) in [6.45, 7) is 4.07. The summed E-state index contributed by atoms with van der Waals surface area (Å²) in [6, 6.07) is 0. The van der Waals surface area contributed by atoms with Gasteiger partial charge in [-0.05, 0) is 56.8 Å². The first-order valence-corrected chi connectivity index (χ1v) is 8.11. The molecule has 2 N–H and O–H groups in total. The predicted octanol–water partition coefficient (Wildman–Crippen LogP) is 2.25. The Morgan fingerprint density at radius 2 is 1.10 bits per heavy atom. The number of aliphatic hydroxyl groups is 2. The topological polar surface area (TPSA) is 74.6 Å². The monoisotopic (exact) mass is 296 g/mol. The maximum absolute atomic E-state index is 12.0. The molecule has 2 rings (SSSR count). The first-order chi connectivity index (χ1) is 9.82. The molecule has 0 bridgehead atoms. The van der Waals surface area contributed by atoms with Crippen LogP contribution in [0.4, 0.5) is 0 Å². The summed E-state index contributed by atoms with van der Waals surface area (Å²) in [7, 11) is 0. The summed E-state index contributed by atoms with van der Waals surface area (Å²) in [5.41, 5.74) is -1.55. The number of carbonyl (C=O) groups is 2. The van der Waals surface area contributed by atoms with Gasteiger partial charge in [-0.2, -0.15) is 0 Å². The average molecular weight is 296 g/mol. The maximum Gasteiger partial charge on any atom is 0.126 e. The van der Waals surface area contributed by atoms with E-state index in [0.29, 0.717) is 51.4 Å². The minimum atomic E-state index is -0.546. The van der Waals surface area contributed by atoms with Crippen molar-refractivity contribution in [2.24, 2.45) is 16.2 Å². The number of carbonyl (C=O) groups excluding carboxylic acids is 2. The highest BCUT2D eigenvalue weighted by Gasteiger charge is 2.58. The number of hydrogen-bond donors (Lipinski definition) is 2. The van der Waals surface area contributed by atoms with Crippen molar-refractivity contribution < 1.29 is 19.8 Å². The Hall–Kier alpha value is -0.740. The molecule has 2 aliphatic carbocycles. The lowest BCUT2D eigenvalue weighted by Gasteiger charge is -2.56. The summed E-state index contributed by atoms with van der Waals surface area (Å²) in [5, 5.41) is 19.5. The van der Waals surface area contributed by atoms with E-state index in [4.69, 9.17) is 0 Å². The van der Waals surface area contributed by atoms with Gasteiger partial charge in [-0.25, -0.2) is 0 Å². The lowest BCUT2D eigenvalue weighted by Crippen LogP contribution is -2.55. The van der Waals surface area contributed by atoms with Crippen LogP contribution in [0.15, 0.2) is 0 Å². The third kappa shape index (κ3) is 2.57. The average Bonchev–Trinajstić information content (AvgIpc) is 2.49. The van der Waals surface area contributed by atoms with Crippen LogP contribution < -0.4 is 0 Å². The maximum atomic E-state index is 12.0. The van der Waals surface area contributed by atoms with Crippen molar-refractivity contribution in [2.75, 3.05) is 0 Å². The molecule has 0 aromatic carbocycles. The van der Waals surface area contributed by atoms with Gasteiger partial charge in [0, 0.05) is 10.8 Å². The Balaban J connectivity index is 2.33. The fourth-order valence-electron chi connectivity index (χ4n) is 4.51. The fraction of sp³-hybridized carbons (Fsp3) is 0.882. The minimum Gasteiger partial charge on any atom is -0.393 e. The van der Waals surface area contributed by atoms with Crippen molar-refractivity contribution in [1.29, 1.82) is 0 Å². The van der Waals surface area contributed by atoms with Gasteiger partial charge in [0.2, 0.25) is 0 Å². The molecule has 0 aromatic rings. The molecule has 0 aliphatic heterocycles. The second-order valence-corrected chi connectivity index (χ2v) is 7.64. The zero-order valence-corrected chi connectivity index (χ0v) is 13.2. The molecule has 0 amide bonds. The van der Waals surface area contributed by atoms with Crippen molar-refractivity contribution in [3.05, 3.63) is 0 Å². The molecule has 120 valence electrons. The quantitative estimate of drug-likeness (QED) is 0.780. The van der Waals surface area contributed by atoms with Crippen molar-refractivity contribution >= 4 is 12.6 Å². The van der Waals surface area contributed by atoms with Gasteiger partial charge in [-0.1, -0.05) is 13.8 Å². The van der Waals surface area contributed by atoms with Crippen molar-refractivity contribution in [3.63, 3.8) is 0 Å². The van der Waals surface area contributed by atoms with E-state index in [2.05, 4.69) is 0 Å². The Labute approximate surface area is 126 Å². The van der Waals surface area contributed by atoms with Gasteiger partial charge in [0.15, 0.2) is 0 Å². The largest absolute Gasteiger partial charge is 0.393 e. The number of aldehydes is 2. The normalized spacial score (nSPS) is 41.5. The lowest BCUT2D eigenvalue weighted by atomic mass is 9.46. The molecule has 0 radical (unpaired) electrons. The Bertz CT molecular complexity index is 350. The van der Waals surface area contributed by atoms with E-state index in [-0.39, 0.29) is 12.2 Å². The second kappa shape index (κ2) is 5.81. The molecule has 4 nitrogen and oxygen atoms in total. The van der Waals surface area contributed by atoms with Crippen LogP contribution in [0.25, 0.3) is 0 Å². The molecule has 0 heterocycles. The molecule has 0 atom stereocenters. The van der Waals surface area contributed by atoms with E-state index >= 15 is 0 Å². The molecule has 21 heavy (non-hydrogen) atoms. The minimum absolute atomic E-state index is 0.325. The van der Waals surface area contributed by atoms with Crippen LogP contribution in [0.5, 0.6) is 0 Å². The van der Waals surface area contributed by atoms with Crippen LogP contribution in [-0.2, 0) is 9.59 Å². The Morgan fingerprint density at radius 3 is 1.33 bits per heavy atom. The molecule has 4 heteroatoms. The molecular formula is C17H28O4. The Kier molecular flexibility index (Phi) is 4.60. The second-order valence-electron chi connectivity index (χ2n) is 7.64. The Morgan fingerprint density at radius 1 is 0.810 bits per heavy atom. The van der Waals surface area contributed by atoms with E-state index in [1.807, 2.05) is 13.8 Å². The van der Waals surface area contributed by atoms with Gasteiger partial charge >= 0.3 is 0 Å². The molecule has 2 fully saturated rings. The lowest BCUT2D eigenvalue weighted by molar-refractivity contribution is -0.154. The number of aliphatic hydroxyl groups excluding tert-OH is 2. The molecule has 0 saturated heterocycles. The van der Waals surface area contributed by atoms with Crippen LogP contribution in [0.1, 0.15) is 65.2 Å². The highest BCUT2D eigenvalue weighted by atomic mass is 16.3. The van der Waals surface area contributed by atoms with E-state index < -0.39 is 16.2 Å². The van der Waals surface area contributed by atoms with Crippen molar-refractivity contribution in [3.8, 4) is 0 Å². The molecule has 2 saturated carbocycles.